The first-order chi connectivity index (χ1) is 16.2. The highest BCUT2D eigenvalue weighted by Gasteiger charge is 2.36. The number of ether oxygens (including phenoxy) is 3. The lowest BCUT2D eigenvalue weighted by Gasteiger charge is -2.14. The van der Waals surface area contributed by atoms with Gasteiger partial charge in [-0.25, -0.2) is 4.39 Å². The van der Waals surface area contributed by atoms with Crippen LogP contribution in [0.3, 0.4) is 0 Å². The molecular weight excluding hydrogens is 485 g/mol. The number of esters is 1. The first-order valence-corrected chi connectivity index (χ1v) is 11.7. The predicted octanol–water partition coefficient (Wildman–Crippen LogP) is 5.44. The van der Waals surface area contributed by atoms with Gasteiger partial charge in [-0.1, -0.05) is 23.7 Å². The van der Waals surface area contributed by atoms with Crippen molar-refractivity contribution < 1.29 is 33.0 Å². The van der Waals surface area contributed by atoms with E-state index in [1.165, 1.54) is 18.2 Å². The molecule has 0 bridgehead atoms. The van der Waals surface area contributed by atoms with Gasteiger partial charge >= 0.3 is 5.97 Å². The van der Waals surface area contributed by atoms with Gasteiger partial charge in [0, 0.05) is 5.56 Å². The van der Waals surface area contributed by atoms with Gasteiger partial charge in [-0.3, -0.25) is 19.3 Å². The van der Waals surface area contributed by atoms with Crippen LogP contribution in [0.15, 0.2) is 41.3 Å². The van der Waals surface area contributed by atoms with Gasteiger partial charge in [0.05, 0.1) is 22.6 Å². The summed E-state index contributed by atoms with van der Waals surface area (Å²) in [7, 11) is 0. The van der Waals surface area contributed by atoms with Gasteiger partial charge in [0.1, 0.15) is 19.0 Å². The Hall–Kier alpha value is -3.04. The van der Waals surface area contributed by atoms with Gasteiger partial charge in [0.25, 0.3) is 11.1 Å². The Balaban J connectivity index is 1.77. The molecule has 0 saturated carbocycles. The van der Waals surface area contributed by atoms with E-state index in [9.17, 15) is 18.8 Å². The number of hydrogen-bond acceptors (Lipinski definition) is 7. The number of carbonyl (C=O) groups is 3. The second kappa shape index (κ2) is 11.4. The zero-order valence-electron chi connectivity index (χ0n) is 18.8. The number of amides is 2. The molecule has 180 valence electrons. The fourth-order valence-electron chi connectivity index (χ4n) is 3.04. The van der Waals surface area contributed by atoms with E-state index >= 15 is 0 Å². The Morgan fingerprint density at radius 3 is 2.62 bits per heavy atom. The van der Waals surface area contributed by atoms with Crippen LogP contribution in [-0.4, -0.2) is 41.3 Å². The maximum atomic E-state index is 14.0. The van der Waals surface area contributed by atoms with Crippen molar-refractivity contribution in [3.05, 3.63) is 63.3 Å². The Morgan fingerprint density at radius 2 is 1.94 bits per heavy atom. The van der Waals surface area contributed by atoms with Gasteiger partial charge in [0.15, 0.2) is 11.5 Å². The number of halogens is 2. The molecule has 1 saturated heterocycles. The van der Waals surface area contributed by atoms with Crippen LogP contribution in [0.4, 0.5) is 9.18 Å². The standard InChI is InChI=1S/C24H23ClFNO6S/c1-4-31-20-10-15(8-9-19(20)32-13-16-17(25)6-5-7-18(16)26)11-21-23(29)27(24(30)34-21)12-22(28)33-14(2)3/h5-11,14H,4,12-13H2,1-3H3/b21-11-. The van der Waals surface area contributed by atoms with Crippen LogP contribution in [0.5, 0.6) is 11.5 Å². The van der Waals surface area contributed by atoms with Gasteiger partial charge in [0.2, 0.25) is 0 Å². The molecule has 0 spiro atoms. The molecule has 1 heterocycles. The topological polar surface area (TPSA) is 82.1 Å². The largest absolute Gasteiger partial charge is 0.490 e. The van der Waals surface area contributed by atoms with Crippen molar-refractivity contribution in [3.8, 4) is 11.5 Å². The molecule has 0 N–H and O–H groups in total. The van der Waals surface area contributed by atoms with Crippen LogP contribution in [0.25, 0.3) is 6.08 Å². The lowest BCUT2D eigenvalue weighted by molar-refractivity contribution is -0.149. The molecule has 0 atom stereocenters. The number of rotatable bonds is 9. The number of imide groups is 1. The smallest absolute Gasteiger partial charge is 0.326 e. The average Bonchev–Trinajstić information content (AvgIpc) is 3.01. The SMILES string of the molecule is CCOc1cc(/C=C2\SC(=O)N(CC(=O)OC(C)C)C2=O)ccc1OCc1c(F)cccc1Cl. The van der Waals surface area contributed by atoms with Crippen molar-refractivity contribution in [3.63, 3.8) is 0 Å². The maximum absolute atomic E-state index is 14.0. The van der Waals surface area contributed by atoms with Gasteiger partial charge < -0.3 is 14.2 Å². The van der Waals surface area contributed by atoms with E-state index in [1.807, 2.05) is 0 Å². The van der Waals surface area contributed by atoms with Crippen molar-refractivity contribution in [2.45, 2.75) is 33.5 Å². The summed E-state index contributed by atoms with van der Waals surface area (Å²) in [5, 5.41) is -0.300. The lowest BCUT2D eigenvalue weighted by atomic mass is 10.1. The first-order valence-electron chi connectivity index (χ1n) is 10.5. The highest BCUT2D eigenvalue weighted by atomic mass is 35.5. The van der Waals surface area contributed by atoms with Crippen molar-refractivity contribution in [1.82, 2.24) is 4.90 Å². The Bertz CT molecular complexity index is 1120. The maximum Gasteiger partial charge on any atom is 0.326 e. The minimum absolute atomic E-state index is 0.101. The van der Waals surface area contributed by atoms with Gasteiger partial charge in [-0.2, -0.15) is 0 Å². The summed E-state index contributed by atoms with van der Waals surface area (Å²) in [4.78, 5) is 37.8. The number of benzene rings is 2. The Morgan fingerprint density at radius 1 is 1.18 bits per heavy atom. The van der Waals surface area contributed by atoms with Crippen molar-refractivity contribution >= 4 is 46.6 Å². The summed E-state index contributed by atoms with van der Waals surface area (Å²) in [6.45, 7) is 4.95. The zero-order valence-corrected chi connectivity index (χ0v) is 20.4. The molecule has 0 unspecified atom stereocenters. The summed E-state index contributed by atoms with van der Waals surface area (Å²) < 4.78 is 30.4. The van der Waals surface area contributed by atoms with Gasteiger partial charge in [-0.15, -0.1) is 0 Å². The quantitative estimate of drug-likeness (QED) is 0.330. The highest BCUT2D eigenvalue weighted by molar-refractivity contribution is 8.18. The molecule has 7 nitrogen and oxygen atoms in total. The van der Waals surface area contributed by atoms with Crippen molar-refractivity contribution in [2.75, 3.05) is 13.2 Å². The van der Waals surface area contributed by atoms with Crippen LogP contribution in [-0.2, 0) is 20.9 Å². The van der Waals surface area contributed by atoms with Crippen LogP contribution < -0.4 is 9.47 Å². The first kappa shape index (κ1) is 25.6. The number of carbonyl (C=O) groups excluding carboxylic acids is 3. The third-order valence-corrected chi connectivity index (χ3v) is 5.79. The summed E-state index contributed by atoms with van der Waals surface area (Å²) in [6, 6.07) is 9.31. The van der Waals surface area contributed by atoms with Crippen LogP contribution >= 0.6 is 23.4 Å². The summed E-state index contributed by atoms with van der Waals surface area (Å²) in [5.41, 5.74) is 0.801. The number of hydrogen-bond donors (Lipinski definition) is 0. The minimum Gasteiger partial charge on any atom is -0.490 e. The van der Waals surface area contributed by atoms with E-state index in [-0.39, 0.29) is 28.2 Å². The number of nitrogens with zero attached hydrogens (tertiary/aromatic N) is 1. The molecule has 2 aromatic carbocycles. The predicted molar refractivity (Wildman–Crippen MR) is 127 cm³/mol. The molecule has 0 radical (unpaired) electrons. The fourth-order valence-corrected chi connectivity index (χ4v) is 4.09. The molecule has 2 amide bonds. The third kappa shape index (κ3) is 6.30. The normalized spacial score (nSPS) is 14.8. The summed E-state index contributed by atoms with van der Waals surface area (Å²) >= 11 is 6.79. The zero-order chi connectivity index (χ0) is 24.8. The van der Waals surface area contributed by atoms with E-state index in [0.717, 1.165) is 16.7 Å². The van der Waals surface area contributed by atoms with Gasteiger partial charge in [-0.05, 0) is 68.4 Å². The Labute approximate surface area is 205 Å². The third-order valence-electron chi connectivity index (χ3n) is 4.53. The van der Waals surface area contributed by atoms with Crippen LogP contribution in [0, 0.1) is 5.82 Å². The van der Waals surface area contributed by atoms with Crippen LogP contribution in [0.1, 0.15) is 31.9 Å². The second-order valence-corrected chi connectivity index (χ2v) is 8.83. The Kier molecular flexibility index (Phi) is 8.57. The molecule has 1 fully saturated rings. The molecule has 2 aromatic rings. The lowest BCUT2D eigenvalue weighted by Crippen LogP contribution is -2.35. The van der Waals surface area contributed by atoms with E-state index in [4.69, 9.17) is 25.8 Å². The van der Waals surface area contributed by atoms with Crippen molar-refractivity contribution in [2.24, 2.45) is 0 Å². The van der Waals surface area contributed by atoms with E-state index in [0.29, 0.717) is 23.7 Å². The van der Waals surface area contributed by atoms with E-state index in [2.05, 4.69) is 0 Å². The fraction of sp³-hybridized carbons (Fsp3) is 0.292. The highest BCUT2D eigenvalue weighted by Crippen LogP contribution is 2.35. The molecular formula is C24H23ClFNO6S. The minimum atomic E-state index is -0.659. The van der Waals surface area contributed by atoms with Crippen molar-refractivity contribution in [1.29, 1.82) is 0 Å². The molecule has 34 heavy (non-hydrogen) atoms. The van der Waals surface area contributed by atoms with E-state index in [1.54, 1.807) is 45.0 Å². The molecule has 0 aromatic heterocycles. The molecule has 1 aliphatic heterocycles. The van der Waals surface area contributed by atoms with Crippen LogP contribution in [0.2, 0.25) is 5.02 Å². The summed E-state index contributed by atoms with van der Waals surface area (Å²) in [6.07, 6.45) is 1.17. The molecule has 3 rings (SSSR count). The monoisotopic (exact) mass is 507 g/mol. The average molecular weight is 508 g/mol. The molecule has 0 aliphatic carbocycles. The second-order valence-electron chi connectivity index (χ2n) is 7.43. The summed E-state index contributed by atoms with van der Waals surface area (Å²) in [5.74, 6) is -0.974. The van der Waals surface area contributed by atoms with E-state index < -0.39 is 29.5 Å². The molecule has 1 aliphatic rings. The number of thioether (sulfide) groups is 1. The molecule has 10 heteroatoms.